The van der Waals surface area contributed by atoms with Crippen molar-refractivity contribution in [3.63, 3.8) is 0 Å². The van der Waals surface area contributed by atoms with Crippen molar-refractivity contribution in [3.8, 4) is 0 Å². The van der Waals surface area contributed by atoms with Crippen molar-refractivity contribution in [2.75, 3.05) is 26.4 Å². The number of esters is 4. The fraction of sp³-hybridized carbons (Fsp3) is 0.527. The normalized spacial score (nSPS) is 28.0. The number of alkyl carbamates (subject to hydrolysis) is 2. The smallest absolute Gasteiger partial charge is 0.461 e. The van der Waals surface area contributed by atoms with Crippen molar-refractivity contribution < 1.29 is 91.2 Å². The van der Waals surface area contributed by atoms with Gasteiger partial charge in [-0.25, -0.2) is 24.0 Å². The third-order valence-corrected chi connectivity index (χ3v) is 14.5. The van der Waals surface area contributed by atoms with E-state index in [0.717, 1.165) is 6.92 Å². The molecule has 76 heavy (non-hydrogen) atoms. The highest BCUT2D eigenvalue weighted by molar-refractivity contribution is 5.94. The van der Waals surface area contributed by atoms with Crippen molar-refractivity contribution in [2.45, 2.75) is 141 Å². The highest BCUT2D eigenvalue weighted by Crippen LogP contribution is 2.64. The van der Waals surface area contributed by atoms with Crippen LogP contribution < -0.4 is 10.6 Å². The number of benzene rings is 2. The molecule has 2 aromatic carbocycles. The molecule has 4 N–H and O–H groups in total. The third-order valence-electron chi connectivity index (χ3n) is 14.5. The van der Waals surface area contributed by atoms with Gasteiger partial charge in [-0.3, -0.25) is 14.4 Å². The van der Waals surface area contributed by atoms with Crippen molar-refractivity contribution >= 4 is 48.0 Å². The monoisotopic (exact) mass is 1060 g/mol. The highest BCUT2D eigenvalue weighted by atomic mass is 16.7. The second kappa shape index (κ2) is 23.4. The summed E-state index contributed by atoms with van der Waals surface area (Å²) in [5.41, 5.74) is -9.39. The van der Waals surface area contributed by atoms with Crippen molar-refractivity contribution in [3.05, 3.63) is 108 Å². The third kappa shape index (κ3) is 12.0. The number of amides is 2. The summed E-state index contributed by atoms with van der Waals surface area (Å²) in [6, 6.07) is 14.1. The number of ketones is 1. The summed E-state index contributed by atoms with van der Waals surface area (Å²) < 4.78 is 52.3. The number of hydrogen-bond acceptors (Lipinski definition) is 19. The van der Waals surface area contributed by atoms with Gasteiger partial charge in [-0.2, -0.15) is 0 Å². The van der Waals surface area contributed by atoms with Crippen LogP contribution >= 0.6 is 0 Å². The van der Waals surface area contributed by atoms with E-state index in [4.69, 9.17) is 42.6 Å². The molecule has 2 bridgehead atoms. The van der Waals surface area contributed by atoms with E-state index >= 15 is 9.59 Å². The van der Waals surface area contributed by atoms with Crippen molar-refractivity contribution in [1.82, 2.24) is 10.6 Å². The minimum atomic E-state index is -2.55. The second-order valence-electron chi connectivity index (χ2n) is 20.9. The summed E-state index contributed by atoms with van der Waals surface area (Å²) in [6.07, 6.45) is -12.3. The maximum absolute atomic E-state index is 15.8. The van der Waals surface area contributed by atoms with Gasteiger partial charge in [-0.15, -0.1) is 0 Å². The highest BCUT2D eigenvalue weighted by Gasteiger charge is 2.79. The Morgan fingerprint density at radius 3 is 2.12 bits per heavy atom. The number of aliphatic hydroxyl groups excluding tert-OH is 1. The SMILES string of the molecule is C=CCOC(=O)CCCNC(=O)OC1C[C@H]2OC[C@@]2(OC(C)=O)[C@H]2[C@H](OC(=O)c3ccccc3)[C@]3(O)C[C@H](OC(=O)[C@H](OC(=O)OCC=C)[C@@H](NC(=O)OC(C)(C)C)c4ccccc4)C(C)=C([C@@H](O)C(=O)[C@]12C)C3(C)C. The zero-order chi connectivity index (χ0) is 56.0. The van der Waals surface area contributed by atoms with Crippen LogP contribution in [0.4, 0.5) is 14.4 Å². The molecule has 21 heteroatoms. The maximum Gasteiger partial charge on any atom is 0.509 e. The molecular formula is C55H68N2O19. The van der Waals surface area contributed by atoms with E-state index in [2.05, 4.69) is 23.8 Å². The first kappa shape index (κ1) is 58.2. The number of nitrogens with one attached hydrogen (secondary N) is 2. The number of aliphatic hydroxyl groups is 2. The van der Waals surface area contributed by atoms with Crippen molar-refractivity contribution in [1.29, 1.82) is 0 Å². The van der Waals surface area contributed by atoms with Crippen molar-refractivity contribution in [2.24, 2.45) is 16.7 Å². The molecule has 412 valence electrons. The zero-order valence-electron chi connectivity index (χ0n) is 44.0. The molecule has 2 amide bonds. The molecule has 1 unspecified atom stereocenters. The van der Waals surface area contributed by atoms with E-state index in [9.17, 15) is 39.0 Å². The summed E-state index contributed by atoms with van der Waals surface area (Å²) in [6.45, 7) is 17.9. The van der Waals surface area contributed by atoms with Crippen LogP contribution in [0.25, 0.3) is 0 Å². The molecule has 1 saturated heterocycles. The maximum atomic E-state index is 15.8. The molecule has 2 saturated carbocycles. The van der Waals surface area contributed by atoms with Gasteiger partial charge in [-0.05, 0) is 69.9 Å². The van der Waals surface area contributed by atoms with Gasteiger partial charge in [0.15, 0.2) is 11.4 Å². The van der Waals surface area contributed by atoms with E-state index in [1.165, 1.54) is 64.1 Å². The van der Waals surface area contributed by atoms with E-state index in [1.807, 2.05) is 0 Å². The average molecular weight is 1060 g/mol. The summed E-state index contributed by atoms with van der Waals surface area (Å²) in [5.74, 6) is -6.46. The lowest BCUT2D eigenvalue weighted by Gasteiger charge is -2.67. The Bertz CT molecular complexity index is 2580. The van der Waals surface area contributed by atoms with Crippen LogP contribution in [-0.4, -0.2) is 138 Å². The van der Waals surface area contributed by atoms with Crippen LogP contribution in [0.5, 0.6) is 0 Å². The Morgan fingerprint density at radius 1 is 0.895 bits per heavy atom. The van der Waals surface area contributed by atoms with Gasteiger partial charge < -0.3 is 63.5 Å². The first-order chi connectivity index (χ1) is 35.7. The first-order valence-corrected chi connectivity index (χ1v) is 24.9. The molecular weight excluding hydrogens is 993 g/mol. The Morgan fingerprint density at radius 2 is 1.53 bits per heavy atom. The van der Waals surface area contributed by atoms with Gasteiger partial charge >= 0.3 is 42.2 Å². The minimum Gasteiger partial charge on any atom is -0.461 e. The molecule has 4 aliphatic rings. The summed E-state index contributed by atoms with van der Waals surface area (Å²) in [5, 5.41) is 31.9. The number of hydrogen-bond donors (Lipinski definition) is 4. The molecule has 0 spiro atoms. The molecule has 3 fully saturated rings. The molecule has 21 nitrogen and oxygen atoms in total. The number of Topliss-reactive ketones (excluding diaryl/α,β-unsaturated/α-hetero) is 1. The minimum absolute atomic E-state index is 0.00171. The molecule has 1 aliphatic heterocycles. The lowest BCUT2D eigenvalue weighted by Crippen LogP contribution is -2.82. The quantitative estimate of drug-likeness (QED) is 0.0589. The van der Waals surface area contributed by atoms with E-state index < -0.39 is 137 Å². The topological polar surface area (TPSA) is 284 Å². The van der Waals surface area contributed by atoms with Crippen LogP contribution in [0.3, 0.4) is 0 Å². The van der Waals surface area contributed by atoms with Gasteiger partial charge in [0.1, 0.15) is 61.0 Å². The van der Waals surface area contributed by atoms with Gasteiger partial charge in [-0.1, -0.05) is 87.7 Å². The number of ether oxygens (including phenoxy) is 9. The van der Waals surface area contributed by atoms with Crippen LogP contribution in [0, 0.1) is 16.7 Å². The Balaban J connectivity index is 1.51. The average Bonchev–Trinajstić information content (AvgIpc) is 3.39. The lowest BCUT2D eigenvalue weighted by atomic mass is 9.44. The lowest BCUT2D eigenvalue weighted by molar-refractivity contribution is -0.345. The molecule has 1 heterocycles. The number of rotatable bonds is 18. The van der Waals surface area contributed by atoms with Crippen LogP contribution in [0.2, 0.25) is 0 Å². The van der Waals surface area contributed by atoms with E-state index in [1.54, 1.807) is 57.2 Å². The van der Waals surface area contributed by atoms with Gasteiger partial charge in [0.05, 0.1) is 23.5 Å². The Kier molecular flexibility index (Phi) is 17.9. The number of carbonyl (C=O) groups excluding carboxylic acids is 8. The van der Waals surface area contributed by atoms with Crippen LogP contribution in [-0.2, 0) is 61.8 Å². The molecule has 2 aromatic rings. The van der Waals surface area contributed by atoms with Crippen LogP contribution in [0.1, 0.15) is 103 Å². The predicted octanol–water partition coefficient (Wildman–Crippen LogP) is 5.85. The molecule has 11 atom stereocenters. The Hall–Kier alpha value is -7.10. The number of carbonyl (C=O) groups is 8. The molecule has 0 aromatic heterocycles. The van der Waals surface area contributed by atoms with Gasteiger partial charge in [0, 0.05) is 38.1 Å². The zero-order valence-corrected chi connectivity index (χ0v) is 44.0. The van der Waals surface area contributed by atoms with Gasteiger partial charge in [0.25, 0.3) is 0 Å². The molecule has 0 radical (unpaired) electrons. The van der Waals surface area contributed by atoms with E-state index in [0.29, 0.717) is 0 Å². The molecule has 6 rings (SSSR count). The predicted molar refractivity (Wildman–Crippen MR) is 267 cm³/mol. The number of fused-ring (bicyclic) bond motifs is 5. The summed E-state index contributed by atoms with van der Waals surface area (Å²) in [7, 11) is 0. The fourth-order valence-electron chi connectivity index (χ4n) is 10.9. The standard InChI is InChI=1S/C55H68N2O19/c1-11-26-68-38(59)24-19-25-56-48(64)72-36-28-37-54(30-70-37,75-32(4)58)43-45(74-46(62)34-22-17-14-18-23-34)55(67)29-35(31(3)39(52(55,8)9)41(60)44(61)53(36,43)10)71-47(63)42(73-50(66)69-27-12-2)40(33-20-15-13-16-21-33)57-49(65)76-51(5,6)7/h11-18,20-23,35-37,40-43,45,60,67H,1-2,19,24-30H2,3-10H3,(H,56,64)(H,57,65)/t35-,36?,37+,40-,41+,42+,43-,45-,53+,54-,55+/m0/s1. The molecule has 3 aliphatic carbocycles. The summed E-state index contributed by atoms with van der Waals surface area (Å²) in [4.78, 5) is 111. The fourth-order valence-corrected chi connectivity index (χ4v) is 10.9. The van der Waals surface area contributed by atoms with Crippen LogP contribution in [0.15, 0.2) is 97.1 Å². The van der Waals surface area contributed by atoms with E-state index in [-0.39, 0.29) is 61.3 Å². The summed E-state index contributed by atoms with van der Waals surface area (Å²) >= 11 is 0. The van der Waals surface area contributed by atoms with Gasteiger partial charge in [0.2, 0.25) is 6.10 Å². The Labute approximate surface area is 440 Å². The second-order valence-corrected chi connectivity index (χ2v) is 20.9. The largest absolute Gasteiger partial charge is 0.509 e. The first-order valence-electron chi connectivity index (χ1n) is 24.9.